The maximum Gasteiger partial charge on any atom is 0.260 e. The van der Waals surface area contributed by atoms with Crippen LogP contribution in [-0.4, -0.2) is 15.9 Å². The Balaban J connectivity index is 1.54. The van der Waals surface area contributed by atoms with Crippen LogP contribution in [0.5, 0.6) is 0 Å². The molecule has 0 atom stereocenters. The second-order valence-corrected chi connectivity index (χ2v) is 9.10. The van der Waals surface area contributed by atoms with Crippen molar-refractivity contribution in [2.75, 3.05) is 4.90 Å². The van der Waals surface area contributed by atoms with Crippen LogP contribution in [0, 0.1) is 0 Å². The number of aromatic nitrogens is 2. The molecule has 0 bridgehead atoms. The number of hydrogen-bond donors (Lipinski definition) is 0. The van der Waals surface area contributed by atoms with Crippen LogP contribution < -0.4 is 4.90 Å². The van der Waals surface area contributed by atoms with Crippen molar-refractivity contribution in [2.45, 2.75) is 45.6 Å². The molecule has 1 aliphatic rings. The largest absolute Gasteiger partial charge is 0.279 e. The van der Waals surface area contributed by atoms with E-state index in [0.717, 1.165) is 45.7 Å². The highest BCUT2D eigenvalue weighted by molar-refractivity contribution is 7.22. The third-order valence-corrected chi connectivity index (χ3v) is 7.03. The lowest BCUT2D eigenvalue weighted by molar-refractivity contribution is 0.0985. The highest BCUT2D eigenvalue weighted by Crippen LogP contribution is 2.32. The number of anilines is 1. The SMILES string of the molecule is CCc1ccc2nc(N(Cc3cccnc3)C(=O)c3ccc4c(c3)CCCC4)sc2c1. The van der Waals surface area contributed by atoms with Crippen molar-refractivity contribution in [3.05, 3.63) is 88.7 Å². The minimum absolute atomic E-state index is 0.00741. The van der Waals surface area contributed by atoms with Gasteiger partial charge in [0.1, 0.15) is 0 Å². The average molecular weight is 428 g/mol. The average Bonchev–Trinajstić information content (AvgIpc) is 3.25. The first kappa shape index (κ1) is 19.9. The zero-order chi connectivity index (χ0) is 21.2. The first-order valence-electron chi connectivity index (χ1n) is 10.9. The Bertz CT molecular complexity index is 1230. The number of rotatable bonds is 5. The van der Waals surface area contributed by atoms with Crippen LogP contribution >= 0.6 is 11.3 Å². The van der Waals surface area contributed by atoms with E-state index in [-0.39, 0.29) is 5.91 Å². The molecular weight excluding hydrogens is 402 g/mol. The quantitative estimate of drug-likeness (QED) is 0.394. The summed E-state index contributed by atoms with van der Waals surface area (Å²) >= 11 is 1.58. The zero-order valence-electron chi connectivity index (χ0n) is 17.7. The predicted octanol–water partition coefficient (Wildman–Crippen LogP) is 5.98. The number of carbonyl (C=O) groups excluding carboxylic acids is 1. The lowest BCUT2D eigenvalue weighted by atomic mass is 9.90. The molecular formula is C26H25N3OS. The molecule has 0 saturated heterocycles. The highest BCUT2D eigenvalue weighted by atomic mass is 32.1. The van der Waals surface area contributed by atoms with E-state index in [4.69, 9.17) is 4.98 Å². The summed E-state index contributed by atoms with van der Waals surface area (Å²) in [6.07, 6.45) is 9.15. The number of hydrogen-bond acceptors (Lipinski definition) is 4. The Morgan fingerprint density at radius 2 is 1.90 bits per heavy atom. The van der Waals surface area contributed by atoms with Gasteiger partial charge in [0.2, 0.25) is 0 Å². The van der Waals surface area contributed by atoms with Gasteiger partial charge < -0.3 is 0 Å². The first-order chi connectivity index (χ1) is 15.2. The van der Waals surface area contributed by atoms with Crippen molar-refractivity contribution >= 4 is 32.6 Å². The van der Waals surface area contributed by atoms with Gasteiger partial charge in [-0.05, 0) is 84.7 Å². The molecule has 0 unspecified atom stereocenters. The Labute approximate surface area is 186 Å². The topological polar surface area (TPSA) is 46.1 Å². The van der Waals surface area contributed by atoms with Crippen molar-refractivity contribution in [2.24, 2.45) is 0 Å². The molecule has 0 fully saturated rings. The van der Waals surface area contributed by atoms with Gasteiger partial charge in [0.15, 0.2) is 5.13 Å². The molecule has 31 heavy (non-hydrogen) atoms. The van der Waals surface area contributed by atoms with Gasteiger partial charge in [-0.25, -0.2) is 4.98 Å². The Morgan fingerprint density at radius 3 is 2.71 bits per heavy atom. The molecule has 0 saturated carbocycles. The van der Waals surface area contributed by atoms with Crippen molar-refractivity contribution in [1.82, 2.24) is 9.97 Å². The zero-order valence-corrected chi connectivity index (χ0v) is 18.5. The number of fused-ring (bicyclic) bond motifs is 2. The fourth-order valence-corrected chi connectivity index (χ4v) is 5.24. The number of thiazole rings is 1. The number of aryl methyl sites for hydroxylation is 3. The molecule has 2 aromatic carbocycles. The van der Waals surface area contributed by atoms with Crippen LogP contribution in [0.1, 0.15) is 52.4 Å². The van der Waals surface area contributed by atoms with E-state index >= 15 is 0 Å². The van der Waals surface area contributed by atoms with Gasteiger partial charge in [-0.2, -0.15) is 0 Å². The summed E-state index contributed by atoms with van der Waals surface area (Å²) in [5.41, 5.74) is 6.64. The van der Waals surface area contributed by atoms with Crippen molar-refractivity contribution < 1.29 is 4.79 Å². The Hall–Kier alpha value is -3.05. The van der Waals surface area contributed by atoms with Crippen LogP contribution in [-0.2, 0) is 25.8 Å². The summed E-state index contributed by atoms with van der Waals surface area (Å²) in [5.74, 6) is -0.00741. The molecule has 4 aromatic rings. The summed E-state index contributed by atoms with van der Waals surface area (Å²) in [7, 11) is 0. The second kappa shape index (κ2) is 8.60. The molecule has 0 aliphatic heterocycles. The molecule has 2 heterocycles. The molecule has 0 N–H and O–H groups in total. The van der Waals surface area contributed by atoms with Crippen LogP contribution in [0.3, 0.4) is 0 Å². The standard InChI is InChI=1S/C26H25N3OS/c1-2-18-9-12-23-24(14-18)31-26(28-23)29(17-19-6-5-13-27-16-19)25(30)22-11-10-20-7-3-4-8-21(20)15-22/h5-6,9-16H,2-4,7-8,17H2,1H3. The summed E-state index contributed by atoms with van der Waals surface area (Å²) in [5, 5.41) is 0.731. The van der Waals surface area contributed by atoms with E-state index in [1.807, 2.05) is 24.4 Å². The molecule has 0 spiro atoms. The molecule has 1 amide bonds. The number of nitrogens with zero attached hydrogens (tertiary/aromatic N) is 3. The minimum Gasteiger partial charge on any atom is -0.279 e. The summed E-state index contributed by atoms with van der Waals surface area (Å²) in [6.45, 7) is 2.60. The van der Waals surface area contributed by atoms with Crippen molar-refractivity contribution in [1.29, 1.82) is 0 Å². The van der Waals surface area contributed by atoms with Crippen LogP contribution in [0.15, 0.2) is 60.9 Å². The van der Waals surface area contributed by atoms with E-state index < -0.39 is 0 Å². The molecule has 4 nitrogen and oxygen atoms in total. The van der Waals surface area contributed by atoms with Crippen LogP contribution in [0.25, 0.3) is 10.2 Å². The predicted molar refractivity (Wildman–Crippen MR) is 127 cm³/mol. The van der Waals surface area contributed by atoms with Gasteiger partial charge in [0.05, 0.1) is 16.8 Å². The summed E-state index contributed by atoms with van der Waals surface area (Å²) in [4.78, 5) is 24.6. The fourth-order valence-electron chi connectivity index (χ4n) is 4.22. The molecule has 5 heteroatoms. The molecule has 0 radical (unpaired) electrons. The van der Waals surface area contributed by atoms with E-state index in [0.29, 0.717) is 6.54 Å². The van der Waals surface area contributed by atoms with Gasteiger partial charge >= 0.3 is 0 Å². The highest BCUT2D eigenvalue weighted by Gasteiger charge is 2.23. The Morgan fingerprint density at radius 1 is 1.03 bits per heavy atom. The Kier molecular flexibility index (Phi) is 5.51. The van der Waals surface area contributed by atoms with Gasteiger partial charge in [-0.1, -0.05) is 36.5 Å². The number of benzene rings is 2. The normalized spacial score (nSPS) is 13.2. The first-order valence-corrected chi connectivity index (χ1v) is 11.7. The van der Waals surface area contributed by atoms with Gasteiger partial charge in [0, 0.05) is 18.0 Å². The fraction of sp³-hybridized carbons (Fsp3) is 0.269. The molecule has 2 aromatic heterocycles. The second-order valence-electron chi connectivity index (χ2n) is 8.10. The van der Waals surface area contributed by atoms with Crippen molar-refractivity contribution in [3.8, 4) is 0 Å². The van der Waals surface area contributed by atoms with Gasteiger partial charge in [-0.15, -0.1) is 0 Å². The monoisotopic (exact) mass is 427 g/mol. The number of amides is 1. The van der Waals surface area contributed by atoms with Crippen LogP contribution in [0.2, 0.25) is 0 Å². The number of pyridine rings is 1. The van der Waals surface area contributed by atoms with Crippen molar-refractivity contribution in [3.63, 3.8) is 0 Å². The third kappa shape index (κ3) is 4.10. The van der Waals surface area contributed by atoms with Crippen LogP contribution in [0.4, 0.5) is 5.13 Å². The minimum atomic E-state index is -0.00741. The summed E-state index contributed by atoms with van der Waals surface area (Å²) in [6, 6.07) is 16.5. The van der Waals surface area contributed by atoms with E-state index in [1.165, 1.54) is 29.5 Å². The van der Waals surface area contributed by atoms with Gasteiger partial charge in [-0.3, -0.25) is 14.7 Å². The molecule has 1 aliphatic carbocycles. The summed E-state index contributed by atoms with van der Waals surface area (Å²) < 4.78 is 1.11. The van der Waals surface area contributed by atoms with E-state index in [9.17, 15) is 4.79 Å². The smallest absolute Gasteiger partial charge is 0.260 e. The van der Waals surface area contributed by atoms with Gasteiger partial charge in [0.25, 0.3) is 5.91 Å². The maximum atomic E-state index is 13.7. The number of carbonyl (C=O) groups is 1. The lowest BCUT2D eigenvalue weighted by Crippen LogP contribution is -2.30. The molecule has 5 rings (SSSR count). The lowest BCUT2D eigenvalue weighted by Gasteiger charge is -2.22. The molecule has 156 valence electrons. The maximum absolute atomic E-state index is 13.7. The van der Waals surface area contributed by atoms with E-state index in [2.05, 4.69) is 42.2 Å². The van der Waals surface area contributed by atoms with E-state index in [1.54, 1.807) is 22.4 Å². The third-order valence-electron chi connectivity index (χ3n) is 5.98.